The van der Waals surface area contributed by atoms with Crippen molar-refractivity contribution in [2.45, 2.75) is 86.0 Å². The van der Waals surface area contributed by atoms with Crippen molar-refractivity contribution in [3.8, 4) is 45.1 Å². The second kappa shape index (κ2) is 15.6. The number of hydrogen-bond donors (Lipinski definition) is 1. The molecule has 4 aromatic carbocycles. The Kier molecular flexibility index (Phi) is 11.2. The fourth-order valence-corrected chi connectivity index (χ4v) is 7.78. The topological polar surface area (TPSA) is 55.3 Å². The second-order valence-electron chi connectivity index (χ2n) is 16.6. The average molecular weight is 905 g/mol. The van der Waals surface area contributed by atoms with Gasteiger partial charge in [-0.1, -0.05) is 116 Å². The summed E-state index contributed by atoms with van der Waals surface area (Å²) in [5, 5.41) is 14.0. The number of hydrogen-bond acceptors (Lipinski definition) is 3. The third kappa shape index (κ3) is 7.63. The van der Waals surface area contributed by atoms with E-state index in [1.165, 1.54) is 16.7 Å². The van der Waals surface area contributed by atoms with Gasteiger partial charge in [-0.05, 0) is 99.6 Å². The first-order chi connectivity index (χ1) is 25.7. The third-order valence-electron chi connectivity index (χ3n) is 10.3. The number of benzene rings is 4. The maximum Gasteiger partial charge on any atom is 0.188 e. The molecule has 3 heterocycles. The zero-order valence-electron chi connectivity index (χ0n) is 33.2. The Hall–Kier alpha value is -5.04. The number of fused-ring (bicyclic) bond motifs is 3. The molecule has 0 bridgehead atoms. The van der Waals surface area contributed by atoms with Gasteiger partial charge in [0.2, 0.25) is 0 Å². The Bertz CT molecular complexity index is 2500. The third-order valence-corrected chi connectivity index (χ3v) is 10.3. The van der Waals surface area contributed by atoms with Crippen molar-refractivity contribution in [3.05, 3.63) is 137 Å². The van der Waals surface area contributed by atoms with Gasteiger partial charge in [0.15, 0.2) is 5.69 Å². The molecule has 7 rings (SSSR count). The molecule has 0 aliphatic rings. The second-order valence-corrected chi connectivity index (χ2v) is 16.6. The summed E-state index contributed by atoms with van der Waals surface area (Å²) in [5.74, 6) is 1.16. The summed E-state index contributed by atoms with van der Waals surface area (Å²) in [7, 11) is 0. The van der Waals surface area contributed by atoms with Crippen molar-refractivity contribution in [3.63, 3.8) is 0 Å². The molecule has 0 radical (unpaired) electrons. The van der Waals surface area contributed by atoms with Gasteiger partial charge in [0, 0.05) is 43.6 Å². The number of para-hydroxylation sites is 1. The predicted octanol–water partition coefficient (Wildman–Crippen LogP) is 13.4. The maximum absolute atomic E-state index is 11.8. The van der Waals surface area contributed by atoms with Crippen molar-refractivity contribution < 1.29 is 26.2 Å². The van der Waals surface area contributed by atoms with Crippen LogP contribution in [0, 0.1) is 18.6 Å². The largest absolute Gasteiger partial charge is 0.507 e. The molecular weight excluding hydrogens is 856 g/mol. The van der Waals surface area contributed by atoms with E-state index in [4.69, 9.17) is 16.5 Å². The minimum absolute atomic E-state index is 0. The zero-order valence-corrected chi connectivity index (χ0v) is 35.5. The van der Waals surface area contributed by atoms with E-state index in [0.717, 1.165) is 62.0 Å². The first-order valence-electron chi connectivity index (χ1n) is 19.1. The van der Waals surface area contributed by atoms with Gasteiger partial charge in [0.1, 0.15) is 11.4 Å². The van der Waals surface area contributed by atoms with E-state index < -0.39 is 0 Å². The molecule has 0 fully saturated rings. The number of aromatic hydroxyl groups is 1. The Balaban J connectivity index is 0.00000514. The van der Waals surface area contributed by atoms with Gasteiger partial charge >= 0.3 is 0 Å². The van der Waals surface area contributed by atoms with E-state index in [2.05, 4.69) is 151 Å². The Morgan fingerprint density at radius 1 is 0.800 bits per heavy atom. The summed E-state index contributed by atoms with van der Waals surface area (Å²) < 4.78 is 2.23. The molecule has 0 saturated heterocycles. The number of rotatable bonds is 8. The van der Waals surface area contributed by atoms with Gasteiger partial charge < -0.3 is 9.67 Å². The molecule has 0 spiro atoms. The van der Waals surface area contributed by atoms with E-state index in [0.29, 0.717) is 34.7 Å². The predicted molar refractivity (Wildman–Crippen MR) is 225 cm³/mol. The van der Waals surface area contributed by atoms with Crippen LogP contribution in [0.25, 0.3) is 66.1 Å². The fourth-order valence-electron chi connectivity index (χ4n) is 7.78. The molecule has 0 aliphatic heterocycles. The zero-order chi connectivity index (χ0) is 38.5. The first-order valence-corrected chi connectivity index (χ1v) is 19.1. The molecule has 282 valence electrons. The van der Waals surface area contributed by atoms with Crippen LogP contribution in [-0.4, -0.2) is 19.6 Å². The van der Waals surface area contributed by atoms with Crippen molar-refractivity contribution in [1.29, 1.82) is 0 Å². The van der Waals surface area contributed by atoms with E-state index >= 15 is 0 Å². The molecule has 0 amide bonds. The average Bonchev–Trinajstić information content (AvgIpc) is 3.48. The molecular formula is C49H49N4OPt-. The van der Waals surface area contributed by atoms with E-state index in [1.807, 2.05) is 12.3 Å². The Morgan fingerprint density at radius 3 is 2.13 bits per heavy atom. The summed E-state index contributed by atoms with van der Waals surface area (Å²) in [6.07, 6.45) is 2.68. The molecule has 1 N–H and O–H groups in total. The molecule has 0 unspecified atom stereocenters. The molecule has 0 aliphatic carbocycles. The molecule has 7 aromatic rings. The molecule has 0 atom stereocenters. The minimum Gasteiger partial charge on any atom is -0.507 e. The van der Waals surface area contributed by atoms with Gasteiger partial charge in [-0.3, -0.25) is 4.98 Å². The van der Waals surface area contributed by atoms with Crippen LogP contribution < -0.4 is 0 Å². The number of aromatic nitrogens is 3. The van der Waals surface area contributed by atoms with Crippen LogP contribution in [0.4, 0.5) is 5.69 Å². The quantitative estimate of drug-likeness (QED) is 0.155. The fraction of sp³-hybridized carbons (Fsp3) is 0.286. The molecule has 3 aromatic heterocycles. The van der Waals surface area contributed by atoms with Crippen LogP contribution in [0.1, 0.15) is 96.4 Å². The van der Waals surface area contributed by atoms with Gasteiger partial charge in [0.05, 0.1) is 17.8 Å². The number of phenolic OH excluding ortho intramolecular Hbond substituents is 1. The van der Waals surface area contributed by atoms with Gasteiger partial charge in [-0.25, -0.2) is 9.83 Å². The summed E-state index contributed by atoms with van der Waals surface area (Å²) in [6.45, 7) is 27.5. The van der Waals surface area contributed by atoms with Crippen molar-refractivity contribution >= 4 is 27.6 Å². The van der Waals surface area contributed by atoms with Crippen LogP contribution in [-0.2, 0) is 32.9 Å². The standard InChI is InChI=1S/C49H49N4O.Pt/c1-29(2)21-32-22-43(52-44(23-32)41-27-35(50-10)28-42(47(41)54)49(7,8)9)33-24-34(46-37(30(3)4)16-13-17-38(46)31(5)6)26-36(25-33)53-45-19-12-11-15-39(45)40-18-14-20-51-48(40)53;/h11-20,22-24,26-31,54H,21H2,1-9H3;/q-1;. The van der Waals surface area contributed by atoms with Gasteiger partial charge in [-0.15, -0.1) is 23.8 Å². The molecule has 5 nitrogen and oxygen atoms in total. The van der Waals surface area contributed by atoms with Crippen molar-refractivity contribution in [2.24, 2.45) is 5.92 Å². The molecule has 6 heteroatoms. The summed E-state index contributed by atoms with van der Waals surface area (Å²) >= 11 is 0. The minimum atomic E-state index is -0.372. The Labute approximate surface area is 340 Å². The van der Waals surface area contributed by atoms with Gasteiger partial charge in [-0.2, -0.15) is 0 Å². The van der Waals surface area contributed by atoms with Crippen LogP contribution in [0.2, 0.25) is 0 Å². The first kappa shape index (κ1) is 39.6. The van der Waals surface area contributed by atoms with E-state index in [-0.39, 0.29) is 32.2 Å². The van der Waals surface area contributed by atoms with E-state index in [9.17, 15) is 5.11 Å². The van der Waals surface area contributed by atoms with Crippen molar-refractivity contribution in [2.75, 3.05) is 0 Å². The summed E-state index contributed by atoms with van der Waals surface area (Å²) in [5.41, 5.74) is 12.5. The number of phenols is 1. The number of nitrogens with zero attached hydrogens (tertiary/aromatic N) is 4. The van der Waals surface area contributed by atoms with Crippen LogP contribution in [0.15, 0.2) is 97.2 Å². The molecule has 55 heavy (non-hydrogen) atoms. The SMILES string of the molecule is [C-]#[N+]c1cc(-c2cc(CC(C)C)cc(-c3[c-]c(-n4c5ccccc5c5cccnc54)cc(-c4c(C(C)C)cccc4C(C)C)c3)n2)c(O)c(C(C)(C)C)c1.[Pt]. The molecule has 0 saturated carbocycles. The summed E-state index contributed by atoms with van der Waals surface area (Å²) in [4.78, 5) is 14.0. The van der Waals surface area contributed by atoms with Gasteiger partial charge in [0.25, 0.3) is 0 Å². The van der Waals surface area contributed by atoms with Crippen molar-refractivity contribution in [1.82, 2.24) is 14.5 Å². The monoisotopic (exact) mass is 904 g/mol. The Morgan fingerprint density at radius 2 is 1.47 bits per heavy atom. The maximum atomic E-state index is 11.8. The van der Waals surface area contributed by atoms with Crippen LogP contribution >= 0.6 is 0 Å². The summed E-state index contributed by atoms with van der Waals surface area (Å²) in [6, 6.07) is 35.4. The van der Waals surface area contributed by atoms with Crippen LogP contribution in [0.5, 0.6) is 5.75 Å². The normalized spacial score (nSPS) is 11.8. The number of pyridine rings is 2. The smallest absolute Gasteiger partial charge is 0.188 e. The van der Waals surface area contributed by atoms with E-state index in [1.54, 1.807) is 12.1 Å². The van der Waals surface area contributed by atoms with Crippen LogP contribution in [0.3, 0.4) is 0 Å².